The van der Waals surface area contributed by atoms with Crippen LogP contribution in [0.1, 0.15) is 5.69 Å². The Morgan fingerprint density at radius 2 is 1.53 bits per heavy atom. The molecule has 0 aromatic carbocycles. The van der Waals surface area contributed by atoms with Crippen LogP contribution in [0.15, 0.2) is 15.4 Å². The van der Waals surface area contributed by atoms with Gasteiger partial charge < -0.3 is 0 Å². The monoisotopic (exact) mass is 288 g/mol. The van der Waals surface area contributed by atoms with Crippen LogP contribution < -0.4 is 11.2 Å². The van der Waals surface area contributed by atoms with E-state index in [4.69, 9.17) is 0 Å². The molecule has 0 aliphatic rings. The van der Waals surface area contributed by atoms with Gasteiger partial charge in [0.1, 0.15) is 5.69 Å². The van der Waals surface area contributed by atoms with Crippen LogP contribution in [0.3, 0.4) is 0 Å². The van der Waals surface area contributed by atoms with Crippen molar-refractivity contribution in [1.82, 2.24) is 9.13 Å². The first-order chi connectivity index (χ1) is 8.50. The quantitative estimate of drug-likeness (QED) is 0.733. The molecule has 4 nitrogen and oxygen atoms in total. The van der Waals surface area contributed by atoms with Gasteiger partial charge in [-0.25, -0.2) is 9.18 Å². The van der Waals surface area contributed by atoms with Crippen molar-refractivity contribution in [2.75, 3.05) is 0 Å². The second-order valence-corrected chi connectivity index (χ2v) is 3.49. The highest BCUT2D eigenvalue weighted by Gasteiger charge is 2.40. The molecular formula is C9H6F6N2O2. The summed E-state index contributed by atoms with van der Waals surface area (Å²) in [5.74, 6) is -7.89. The Kier molecular flexibility index (Phi) is 3.64. The maximum Gasteiger partial charge on any atom is 0.446 e. The van der Waals surface area contributed by atoms with E-state index in [0.717, 1.165) is 7.05 Å². The van der Waals surface area contributed by atoms with Crippen molar-refractivity contribution in [3.8, 4) is 0 Å². The van der Waals surface area contributed by atoms with Gasteiger partial charge in [-0.05, 0) is 0 Å². The van der Waals surface area contributed by atoms with Gasteiger partial charge in [0.25, 0.3) is 5.56 Å². The first kappa shape index (κ1) is 15.1. The summed E-state index contributed by atoms with van der Waals surface area (Å²) in [6.07, 6.45) is -5.70. The van der Waals surface area contributed by atoms with Crippen molar-refractivity contribution in [2.45, 2.75) is 6.18 Å². The van der Waals surface area contributed by atoms with E-state index >= 15 is 0 Å². The predicted octanol–water partition coefficient (Wildman–Crippen LogP) is 1.39. The Morgan fingerprint density at radius 3 is 1.95 bits per heavy atom. The molecule has 0 unspecified atom stereocenters. The Morgan fingerprint density at radius 1 is 1.05 bits per heavy atom. The van der Waals surface area contributed by atoms with E-state index in [9.17, 15) is 35.9 Å². The number of aromatic nitrogens is 2. The Labute approximate surface area is 101 Å². The fourth-order valence-electron chi connectivity index (χ4n) is 1.28. The van der Waals surface area contributed by atoms with E-state index in [2.05, 4.69) is 0 Å². The molecule has 0 bridgehead atoms. The smallest absolute Gasteiger partial charge is 0.291 e. The van der Waals surface area contributed by atoms with E-state index in [1.54, 1.807) is 0 Å². The van der Waals surface area contributed by atoms with Gasteiger partial charge in [0.2, 0.25) is 11.6 Å². The molecule has 1 rings (SSSR count). The zero-order valence-corrected chi connectivity index (χ0v) is 9.48. The molecule has 0 atom stereocenters. The predicted molar refractivity (Wildman–Crippen MR) is 52.1 cm³/mol. The highest BCUT2D eigenvalue weighted by molar-refractivity contribution is 5.59. The lowest BCUT2D eigenvalue weighted by Gasteiger charge is -2.11. The Balaban J connectivity index is 3.82. The van der Waals surface area contributed by atoms with Crippen LogP contribution in [-0.2, 0) is 14.1 Å². The summed E-state index contributed by atoms with van der Waals surface area (Å²) < 4.78 is 75.5. The third kappa shape index (κ3) is 2.42. The fraction of sp³-hybridized carbons (Fsp3) is 0.333. The number of halogens is 6. The van der Waals surface area contributed by atoms with Gasteiger partial charge in [-0.3, -0.25) is 13.9 Å². The molecule has 106 valence electrons. The highest BCUT2D eigenvalue weighted by Crippen LogP contribution is 2.33. The lowest BCUT2D eigenvalue weighted by atomic mass is 10.3. The van der Waals surface area contributed by atoms with Gasteiger partial charge in [-0.15, -0.1) is 0 Å². The summed E-state index contributed by atoms with van der Waals surface area (Å²) in [6, 6.07) is 0. The molecule has 0 spiro atoms. The number of allylic oxidation sites excluding steroid dienone is 1. The van der Waals surface area contributed by atoms with Gasteiger partial charge in [0.15, 0.2) is 5.83 Å². The molecule has 10 heteroatoms. The zero-order valence-electron chi connectivity index (χ0n) is 9.48. The summed E-state index contributed by atoms with van der Waals surface area (Å²) in [7, 11) is 1.53. The van der Waals surface area contributed by atoms with Crippen LogP contribution in [-0.4, -0.2) is 15.3 Å². The van der Waals surface area contributed by atoms with E-state index in [1.807, 2.05) is 0 Å². The fourth-order valence-corrected chi connectivity index (χ4v) is 1.28. The van der Waals surface area contributed by atoms with Crippen LogP contribution in [0.2, 0.25) is 0 Å². The van der Waals surface area contributed by atoms with Crippen LogP contribution in [0.4, 0.5) is 26.3 Å². The molecule has 0 aliphatic carbocycles. The molecule has 1 aromatic rings. The highest BCUT2D eigenvalue weighted by atomic mass is 19.4. The van der Waals surface area contributed by atoms with Crippen molar-refractivity contribution in [2.24, 2.45) is 14.1 Å². The summed E-state index contributed by atoms with van der Waals surface area (Å²) in [6.45, 7) is 0. The van der Waals surface area contributed by atoms with E-state index in [-0.39, 0.29) is 9.13 Å². The summed E-state index contributed by atoms with van der Waals surface area (Å²) >= 11 is 0. The average molecular weight is 288 g/mol. The summed E-state index contributed by atoms with van der Waals surface area (Å²) in [5, 5.41) is 0. The van der Waals surface area contributed by atoms with E-state index in [0.29, 0.717) is 7.05 Å². The second-order valence-electron chi connectivity index (χ2n) is 3.49. The van der Waals surface area contributed by atoms with Gasteiger partial charge in [-0.1, -0.05) is 0 Å². The Hall–Kier alpha value is -2.00. The molecule has 0 N–H and O–H groups in total. The van der Waals surface area contributed by atoms with Crippen LogP contribution in [0.5, 0.6) is 0 Å². The van der Waals surface area contributed by atoms with E-state index < -0.39 is 40.6 Å². The average Bonchev–Trinajstić information content (AvgIpc) is 2.31. The SMILES string of the molecule is Cn1c(/C(F)=C(\F)C(F)(F)F)c(F)c(=O)n(C)c1=O. The Bertz CT molecular complexity index is 630. The molecule has 0 saturated carbocycles. The topological polar surface area (TPSA) is 44.0 Å². The first-order valence-electron chi connectivity index (χ1n) is 4.58. The minimum atomic E-state index is -5.70. The van der Waals surface area contributed by atoms with Gasteiger partial charge >= 0.3 is 11.9 Å². The number of hydrogen-bond acceptors (Lipinski definition) is 2. The number of alkyl halides is 3. The summed E-state index contributed by atoms with van der Waals surface area (Å²) in [5.41, 5.74) is -4.65. The van der Waals surface area contributed by atoms with Crippen molar-refractivity contribution in [3.63, 3.8) is 0 Å². The minimum absolute atomic E-state index is 0.0669. The van der Waals surface area contributed by atoms with Crippen molar-refractivity contribution < 1.29 is 26.3 Å². The van der Waals surface area contributed by atoms with Gasteiger partial charge in [0.05, 0.1) is 0 Å². The molecule has 0 aliphatic heterocycles. The number of nitrogens with zero attached hydrogens (tertiary/aromatic N) is 2. The molecule has 1 heterocycles. The molecular weight excluding hydrogens is 282 g/mol. The van der Waals surface area contributed by atoms with Crippen molar-refractivity contribution in [1.29, 1.82) is 0 Å². The van der Waals surface area contributed by atoms with Gasteiger partial charge in [0, 0.05) is 14.1 Å². The van der Waals surface area contributed by atoms with Crippen LogP contribution in [0, 0.1) is 5.82 Å². The third-order valence-corrected chi connectivity index (χ3v) is 2.26. The zero-order chi connectivity index (χ0) is 15.1. The molecule has 0 saturated heterocycles. The molecule has 19 heavy (non-hydrogen) atoms. The molecule has 0 fully saturated rings. The number of rotatable bonds is 1. The lowest BCUT2D eigenvalue weighted by molar-refractivity contribution is -0.108. The second kappa shape index (κ2) is 4.59. The van der Waals surface area contributed by atoms with Crippen molar-refractivity contribution in [3.05, 3.63) is 38.2 Å². The normalized spacial score (nSPS) is 13.5. The standard InChI is InChI=1S/C9H6F6N2O2/c1-16-5(3(10)6(12)9(13,14)15)4(11)7(18)17(2)8(16)19/h1-2H3/b6-3+. The minimum Gasteiger partial charge on any atom is -0.291 e. The van der Waals surface area contributed by atoms with Crippen LogP contribution in [0.25, 0.3) is 5.83 Å². The van der Waals surface area contributed by atoms with E-state index in [1.165, 1.54) is 0 Å². The maximum absolute atomic E-state index is 13.4. The van der Waals surface area contributed by atoms with Crippen molar-refractivity contribution >= 4 is 5.83 Å². The first-order valence-corrected chi connectivity index (χ1v) is 4.58. The molecule has 1 aromatic heterocycles. The van der Waals surface area contributed by atoms with Crippen LogP contribution >= 0.6 is 0 Å². The van der Waals surface area contributed by atoms with Gasteiger partial charge in [-0.2, -0.15) is 22.0 Å². The molecule has 0 amide bonds. The lowest BCUT2D eigenvalue weighted by Crippen LogP contribution is -2.40. The summed E-state index contributed by atoms with van der Waals surface area (Å²) in [4.78, 5) is 22.4. The third-order valence-electron chi connectivity index (χ3n) is 2.26. The molecule has 0 radical (unpaired) electrons. The largest absolute Gasteiger partial charge is 0.446 e. The number of hydrogen-bond donors (Lipinski definition) is 0. The maximum atomic E-state index is 13.4.